The normalized spacial score (nSPS) is 24.2. The second kappa shape index (κ2) is 7.44. The first kappa shape index (κ1) is 19.6. The SMILES string of the molecule is Cc1cccc(C2=CCN(S(=O)(=O)CC3CCCS(=O)(=O)C3)CC2)c1C. The molecule has 1 aromatic rings. The number of nitrogens with zero attached hydrogens (tertiary/aromatic N) is 1. The molecule has 0 N–H and O–H groups in total. The minimum atomic E-state index is -3.43. The fraction of sp³-hybridized carbons (Fsp3) is 0.579. The van der Waals surface area contributed by atoms with Crippen LogP contribution in [0.2, 0.25) is 0 Å². The van der Waals surface area contributed by atoms with E-state index in [0.29, 0.717) is 32.4 Å². The Morgan fingerprint density at radius 2 is 2.00 bits per heavy atom. The van der Waals surface area contributed by atoms with Gasteiger partial charge in [-0.15, -0.1) is 0 Å². The molecular formula is C19H27NO4S2. The minimum absolute atomic E-state index is 0.00362. The molecule has 1 aromatic carbocycles. The second-order valence-corrected chi connectivity index (χ2v) is 11.7. The van der Waals surface area contributed by atoms with Gasteiger partial charge in [-0.2, -0.15) is 4.31 Å². The van der Waals surface area contributed by atoms with Gasteiger partial charge in [0.25, 0.3) is 0 Å². The lowest BCUT2D eigenvalue weighted by Crippen LogP contribution is -2.40. The Morgan fingerprint density at radius 3 is 2.65 bits per heavy atom. The van der Waals surface area contributed by atoms with E-state index in [1.807, 2.05) is 12.1 Å². The van der Waals surface area contributed by atoms with E-state index in [0.717, 1.165) is 0 Å². The highest BCUT2D eigenvalue weighted by Gasteiger charge is 2.32. The molecule has 1 saturated heterocycles. The summed E-state index contributed by atoms with van der Waals surface area (Å²) in [6.07, 6.45) is 3.93. The zero-order chi connectivity index (χ0) is 18.9. The third-order valence-corrected chi connectivity index (χ3v) is 9.42. The molecule has 2 heterocycles. The lowest BCUT2D eigenvalue weighted by atomic mass is 9.94. The van der Waals surface area contributed by atoms with Gasteiger partial charge in [0.15, 0.2) is 9.84 Å². The second-order valence-electron chi connectivity index (χ2n) is 7.49. The van der Waals surface area contributed by atoms with Crippen molar-refractivity contribution in [3.05, 3.63) is 41.0 Å². The van der Waals surface area contributed by atoms with Crippen LogP contribution in [-0.2, 0) is 19.9 Å². The van der Waals surface area contributed by atoms with Crippen LogP contribution in [0, 0.1) is 19.8 Å². The van der Waals surface area contributed by atoms with Crippen molar-refractivity contribution < 1.29 is 16.8 Å². The number of sulfonamides is 1. The molecule has 2 aliphatic heterocycles. The lowest BCUT2D eigenvalue weighted by Gasteiger charge is -2.29. The van der Waals surface area contributed by atoms with Crippen LogP contribution < -0.4 is 0 Å². The third kappa shape index (κ3) is 4.38. The van der Waals surface area contributed by atoms with Crippen molar-refractivity contribution in [2.75, 3.05) is 30.3 Å². The van der Waals surface area contributed by atoms with E-state index in [-0.39, 0.29) is 23.2 Å². The van der Waals surface area contributed by atoms with Crippen molar-refractivity contribution in [2.24, 2.45) is 5.92 Å². The Labute approximate surface area is 157 Å². The van der Waals surface area contributed by atoms with E-state index in [4.69, 9.17) is 0 Å². The van der Waals surface area contributed by atoms with Crippen molar-refractivity contribution in [1.82, 2.24) is 4.31 Å². The van der Waals surface area contributed by atoms with Gasteiger partial charge in [-0.3, -0.25) is 0 Å². The largest absolute Gasteiger partial charge is 0.229 e. The molecule has 2 aliphatic rings. The summed E-state index contributed by atoms with van der Waals surface area (Å²) < 4.78 is 50.5. The molecule has 0 aliphatic carbocycles. The van der Waals surface area contributed by atoms with E-state index in [9.17, 15) is 16.8 Å². The Balaban J connectivity index is 1.70. The number of sulfone groups is 1. The van der Waals surface area contributed by atoms with Gasteiger partial charge in [-0.05, 0) is 61.3 Å². The maximum Gasteiger partial charge on any atom is 0.214 e. The quantitative estimate of drug-likeness (QED) is 0.783. The van der Waals surface area contributed by atoms with Crippen LogP contribution in [0.3, 0.4) is 0 Å². The summed E-state index contributed by atoms with van der Waals surface area (Å²) >= 11 is 0. The molecule has 1 unspecified atom stereocenters. The molecule has 5 nitrogen and oxygen atoms in total. The van der Waals surface area contributed by atoms with Crippen LogP contribution >= 0.6 is 0 Å². The van der Waals surface area contributed by atoms with Gasteiger partial charge in [-0.1, -0.05) is 24.3 Å². The molecule has 7 heteroatoms. The first-order chi connectivity index (χ1) is 12.2. The summed E-state index contributed by atoms with van der Waals surface area (Å²) in [6, 6.07) is 6.20. The molecule has 0 aromatic heterocycles. The van der Waals surface area contributed by atoms with Crippen LogP contribution in [0.1, 0.15) is 36.0 Å². The first-order valence-electron chi connectivity index (χ1n) is 9.12. The average molecular weight is 398 g/mol. The Kier molecular flexibility index (Phi) is 5.61. The highest BCUT2D eigenvalue weighted by atomic mass is 32.2. The van der Waals surface area contributed by atoms with Crippen molar-refractivity contribution in [3.8, 4) is 0 Å². The minimum Gasteiger partial charge on any atom is -0.229 e. The smallest absolute Gasteiger partial charge is 0.214 e. The van der Waals surface area contributed by atoms with Gasteiger partial charge in [-0.25, -0.2) is 16.8 Å². The average Bonchev–Trinajstić information content (AvgIpc) is 2.56. The van der Waals surface area contributed by atoms with Crippen LogP contribution in [0.15, 0.2) is 24.3 Å². The van der Waals surface area contributed by atoms with Crippen molar-refractivity contribution >= 4 is 25.4 Å². The van der Waals surface area contributed by atoms with Crippen LogP contribution in [0.5, 0.6) is 0 Å². The molecule has 1 atom stereocenters. The van der Waals surface area contributed by atoms with Crippen molar-refractivity contribution in [1.29, 1.82) is 0 Å². The maximum absolute atomic E-state index is 12.7. The molecule has 3 rings (SSSR count). The van der Waals surface area contributed by atoms with Gasteiger partial charge in [0, 0.05) is 13.1 Å². The van der Waals surface area contributed by atoms with Gasteiger partial charge < -0.3 is 0 Å². The summed E-state index contributed by atoms with van der Waals surface area (Å²) in [6.45, 7) is 5.00. The van der Waals surface area contributed by atoms with E-state index in [1.54, 1.807) is 0 Å². The van der Waals surface area contributed by atoms with Gasteiger partial charge >= 0.3 is 0 Å². The molecule has 1 fully saturated rings. The van der Waals surface area contributed by atoms with Gasteiger partial charge in [0.05, 0.1) is 17.3 Å². The third-order valence-electron chi connectivity index (χ3n) is 5.52. The van der Waals surface area contributed by atoms with Gasteiger partial charge in [0.1, 0.15) is 0 Å². The number of aryl methyl sites for hydroxylation is 1. The number of benzene rings is 1. The fourth-order valence-electron chi connectivity index (χ4n) is 3.90. The number of hydrogen-bond acceptors (Lipinski definition) is 4. The highest BCUT2D eigenvalue weighted by Crippen LogP contribution is 2.28. The molecule has 0 amide bonds. The number of rotatable bonds is 4. The maximum atomic E-state index is 12.7. The van der Waals surface area contributed by atoms with Crippen LogP contribution in [0.25, 0.3) is 5.57 Å². The Hall–Kier alpha value is -1.18. The predicted molar refractivity (Wildman–Crippen MR) is 105 cm³/mol. The zero-order valence-electron chi connectivity index (χ0n) is 15.4. The predicted octanol–water partition coefficient (Wildman–Crippen LogP) is 2.55. The summed E-state index contributed by atoms with van der Waals surface area (Å²) in [4.78, 5) is 0. The van der Waals surface area contributed by atoms with E-state index >= 15 is 0 Å². The van der Waals surface area contributed by atoms with Crippen molar-refractivity contribution in [3.63, 3.8) is 0 Å². The molecule has 144 valence electrons. The standard InChI is InChI=1S/C19H27NO4S2/c1-15-5-3-7-19(16(15)2)18-8-10-20(11-9-18)26(23,24)14-17-6-4-12-25(21,22)13-17/h3,5,7-8,17H,4,6,9-14H2,1-2H3. The van der Waals surface area contributed by atoms with E-state index in [2.05, 4.69) is 26.0 Å². The summed E-state index contributed by atoms with van der Waals surface area (Å²) in [5.41, 5.74) is 4.86. The number of hydrogen-bond donors (Lipinski definition) is 0. The molecule has 0 saturated carbocycles. The first-order valence-corrected chi connectivity index (χ1v) is 12.5. The zero-order valence-corrected chi connectivity index (χ0v) is 17.1. The topological polar surface area (TPSA) is 71.5 Å². The van der Waals surface area contributed by atoms with Crippen molar-refractivity contribution in [2.45, 2.75) is 33.1 Å². The lowest BCUT2D eigenvalue weighted by molar-refractivity contribution is 0.428. The molecule has 0 radical (unpaired) electrons. The molecule has 0 spiro atoms. The van der Waals surface area contributed by atoms with Crippen LogP contribution in [0.4, 0.5) is 0 Å². The summed E-state index contributed by atoms with van der Waals surface area (Å²) in [5.74, 6) is -0.138. The molecule has 26 heavy (non-hydrogen) atoms. The van der Waals surface area contributed by atoms with E-state index < -0.39 is 19.9 Å². The Bertz CT molecular complexity index is 917. The fourth-order valence-corrected chi connectivity index (χ4v) is 7.59. The Morgan fingerprint density at radius 1 is 1.23 bits per heavy atom. The highest BCUT2D eigenvalue weighted by molar-refractivity contribution is 7.91. The molecular weight excluding hydrogens is 370 g/mol. The van der Waals surface area contributed by atoms with Crippen LogP contribution in [-0.4, -0.2) is 51.5 Å². The molecule has 0 bridgehead atoms. The summed E-state index contributed by atoms with van der Waals surface area (Å²) in [7, 11) is -6.52. The summed E-state index contributed by atoms with van der Waals surface area (Å²) in [5, 5.41) is 0. The van der Waals surface area contributed by atoms with E-state index in [1.165, 1.54) is 26.6 Å². The monoisotopic (exact) mass is 397 g/mol. The van der Waals surface area contributed by atoms with Gasteiger partial charge in [0.2, 0.25) is 10.0 Å².